The van der Waals surface area contributed by atoms with Crippen molar-refractivity contribution in [1.82, 2.24) is 10.2 Å². The first-order valence-electron chi connectivity index (χ1n) is 5.25. The van der Waals surface area contributed by atoms with Gasteiger partial charge >= 0.3 is 6.09 Å². The van der Waals surface area contributed by atoms with E-state index in [1.165, 1.54) is 4.90 Å². The molecule has 92 valence electrons. The van der Waals surface area contributed by atoms with Gasteiger partial charge in [0, 0.05) is 14.1 Å². The minimum atomic E-state index is -0.640. The van der Waals surface area contributed by atoms with Crippen molar-refractivity contribution in [3.8, 4) is 5.75 Å². The van der Waals surface area contributed by atoms with Crippen LogP contribution in [0.4, 0.5) is 4.79 Å². The Morgan fingerprint density at radius 1 is 1.24 bits per heavy atom. The molecule has 1 atom stereocenters. The minimum Gasteiger partial charge on any atom is -0.410 e. The molecule has 1 rings (SSSR count). The zero-order valence-electron chi connectivity index (χ0n) is 10.1. The Kier molecular flexibility index (Phi) is 4.51. The summed E-state index contributed by atoms with van der Waals surface area (Å²) in [5, 5.41) is 2.46. The van der Waals surface area contributed by atoms with Crippen LogP contribution in [0, 0.1) is 0 Å². The summed E-state index contributed by atoms with van der Waals surface area (Å²) in [4.78, 5) is 24.3. The van der Waals surface area contributed by atoms with Crippen LogP contribution in [0.5, 0.6) is 5.75 Å². The van der Waals surface area contributed by atoms with Gasteiger partial charge in [-0.1, -0.05) is 18.2 Å². The Morgan fingerprint density at radius 2 is 1.82 bits per heavy atom. The zero-order chi connectivity index (χ0) is 12.8. The average molecular weight is 236 g/mol. The van der Waals surface area contributed by atoms with Gasteiger partial charge in [0.2, 0.25) is 5.91 Å². The summed E-state index contributed by atoms with van der Waals surface area (Å²) in [6, 6.07) is 8.06. The third kappa shape index (κ3) is 4.14. The Labute approximate surface area is 100 Å². The highest BCUT2D eigenvalue weighted by molar-refractivity contribution is 5.85. The van der Waals surface area contributed by atoms with E-state index in [4.69, 9.17) is 4.74 Å². The van der Waals surface area contributed by atoms with Crippen molar-refractivity contribution in [2.75, 3.05) is 14.1 Å². The molecule has 0 saturated heterocycles. The van der Waals surface area contributed by atoms with Crippen molar-refractivity contribution in [2.45, 2.75) is 13.0 Å². The van der Waals surface area contributed by atoms with Crippen LogP contribution in [0.25, 0.3) is 0 Å². The quantitative estimate of drug-likeness (QED) is 0.859. The molecule has 0 aliphatic carbocycles. The summed E-state index contributed by atoms with van der Waals surface area (Å²) in [5.41, 5.74) is 0. The zero-order valence-corrected chi connectivity index (χ0v) is 10.1. The second kappa shape index (κ2) is 5.89. The fourth-order valence-corrected chi connectivity index (χ4v) is 1.25. The predicted molar refractivity (Wildman–Crippen MR) is 63.8 cm³/mol. The average Bonchev–Trinajstić information content (AvgIpc) is 2.28. The molecule has 2 amide bonds. The lowest BCUT2D eigenvalue weighted by molar-refractivity contribution is -0.130. The highest BCUT2D eigenvalue weighted by Crippen LogP contribution is 2.08. The molecule has 1 aromatic carbocycles. The number of nitrogens with zero attached hydrogens (tertiary/aromatic N) is 1. The minimum absolute atomic E-state index is 0.185. The third-order valence-electron chi connectivity index (χ3n) is 2.10. The van der Waals surface area contributed by atoms with Gasteiger partial charge < -0.3 is 15.0 Å². The molecule has 5 heteroatoms. The summed E-state index contributed by atoms with van der Waals surface area (Å²) >= 11 is 0. The lowest BCUT2D eigenvalue weighted by Crippen LogP contribution is -2.45. The summed E-state index contributed by atoms with van der Waals surface area (Å²) < 4.78 is 4.99. The number of rotatable bonds is 3. The van der Waals surface area contributed by atoms with Gasteiger partial charge in [-0.25, -0.2) is 4.79 Å². The number of amides is 2. The summed E-state index contributed by atoms with van der Waals surface area (Å²) in [6.45, 7) is 1.61. The first-order chi connectivity index (χ1) is 8.00. The van der Waals surface area contributed by atoms with E-state index in [9.17, 15) is 9.59 Å². The fraction of sp³-hybridized carbons (Fsp3) is 0.333. The number of benzene rings is 1. The van der Waals surface area contributed by atoms with Gasteiger partial charge in [0.25, 0.3) is 0 Å². The maximum atomic E-state index is 11.5. The molecule has 1 N–H and O–H groups in total. The van der Waals surface area contributed by atoms with E-state index < -0.39 is 12.1 Å². The molecule has 0 saturated carbocycles. The first-order valence-corrected chi connectivity index (χ1v) is 5.25. The van der Waals surface area contributed by atoms with E-state index in [-0.39, 0.29) is 5.91 Å². The summed E-state index contributed by atoms with van der Waals surface area (Å²) in [5.74, 6) is 0.254. The highest BCUT2D eigenvalue weighted by atomic mass is 16.6. The molecule has 0 bridgehead atoms. The topological polar surface area (TPSA) is 58.6 Å². The maximum absolute atomic E-state index is 11.5. The van der Waals surface area contributed by atoms with Crippen LogP contribution in [0.3, 0.4) is 0 Å². The van der Waals surface area contributed by atoms with E-state index in [2.05, 4.69) is 5.32 Å². The van der Waals surface area contributed by atoms with Crippen LogP contribution >= 0.6 is 0 Å². The maximum Gasteiger partial charge on any atom is 0.413 e. The largest absolute Gasteiger partial charge is 0.413 e. The number of hydrogen-bond donors (Lipinski definition) is 1. The van der Waals surface area contributed by atoms with Crippen molar-refractivity contribution in [3.05, 3.63) is 30.3 Å². The summed E-state index contributed by atoms with van der Waals surface area (Å²) in [7, 11) is 3.26. The first kappa shape index (κ1) is 13.0. The molecule has 17 heavy (non-hydrogen) atoms. The smallest absolute Gasteiger partial charge is 0.410 e. The number of carbonyl (C=O) groups is 2. The summed E-state index contributed by atoms with van der Waals surface area (Å²) in [6.07, 6.45) is -0.640. The predicted octanol–water partition coefficient (Wildman–Crippen LogP) is 1.25. The van der Waals surface area contributed by atoms with Crippen LogP contribution < -0.4 is 10.1 Å². The van der Waals surface area contributed by atoms with E-state index in [1.54, 1.807) is 45.3 Å². The molecule has 1 unspecified atom stereocenters. The molecule has 0 heterocycles. The molecular weight excluding hydrogens is 220 g/mol. The van der Waals surface area contributed by atoms with Crippen molar-refractivity contribution < 1.29 is 14.3 Å². The molecule has 0 spiro atoms. The third-order valence-corrected chi connectivity index (χ3v) is 2.10. The van der Waals surface area contributed by atoms with Gasteiger partial charge in [-0.05, 0) is 19.1 Å². The molecule has 0 radical (unpaired) electrons. The van der Waals surface area contributed by atoms with Gasteiger partial charge in [-0.3, -0.25) is 4.79 Å². The molecule has 1 aromatic rings. The molecular formula is C12H16N2O3. The van der Waals surface area contributed by atoms with Crippen molar-refractivity contribution in [2.24, 2.45) is 0 Å². The van der Waals surface area contributed by atoms with Crippen molar-refractivity contribution >= 4 is 12.0 Å². The van der Waals surface area contributed by atoms with Crippen molar-refractivity contribution in [3.63, 3.8) is 0 Å². The monoisotopic (exact) mass is 236 g/mol. The van der Waals surface area contributed by atoms with Crippen LogP contribution in [0.15, 0.2) is 30.3 Å². The Bertz CT molecular complexity index is 390. The molecule has 5 nitrogen and oxygen atoms in total. The molecule has 0 aliphatic rings. The second-order valence-electron chi connectivity index (χ2n) is 3.80. The Balaban J connectivity index is 2.48. The van der Waals surface area contributed by atoms with E-state index in [0.29, 0.717) is 5.75 Å². The lowest BCUT2D eigenvalue weighted by Gasteiger charge is -2.17. The molecule has 0 aliphatic heterocycles. The molecule has 0 fully saturated rings. The van der Waals surface area contributed by atoms with Gasteiger partial charge in [-0.2, -0.15) is 0 Å². The van der Waals surface area contributed by atoms with Crippen molar-refractivity contribution in [1.29, 1.82) is 0 Å². The Morgan fingerprint density at radius 3 is 2.35 bits per heavy atom. The second-order valence-corrected chi connectivity index (χ2v) is 3.80. The van der Waals surface area contributed by atoms with Gasteiger partial charge in [-0.15, -0.1) is 0 Å². The number of para-hydroxylation sites is 1. The highest BCUT2D eigenvalue weighted by Gasteiger charge is 2.17. The van der Waals surface area contributed by atoms with Gasteiger partial charge in [0.15, 0.2) is 0 Å². The van der Waals surface area contributed by atoms with E-state index >= 15 is 0 Å². The fourth-order valence-electron chi connectivity index (χ4n) is 1.25. The van der Waals surface area contributed by atoms with Crippen LogP contribution in [-0.2, 0) is 4.79 Å². The van der Waals surface area contributed by atoms with Crippen LogP contribution in [0.2, 0.25) is 0 Å². The van der Waals surface area contributed by atoms with E-state index in [1.807, 2.05) is 6.07 Å². The van der Waals surface area contributed by atoms with E-state index in [0.717, 1.165) is 0 Å². The van der Waals surface area contributed by atoms with Crippen LogP contribution in [0.1, 0.15) is 6.92 Å². The normalized spacial score (nSPS) is 11.5. The number of ether oxygens (including phenoxy) is 1. The number of likely N-dealkylation sites (N-methyl/N-ethyl adjacent to an activating group) is 1. The SMILES string of the molecule is CC(NC(=O)Oc1ccccc1)C(=O)N(C)C. The Hall–Kier alpha value is -2.04. The van der Waals surface area contributed by atoms with Gasteiger partial charge in [0.05, 0.1) is 0 Å². The number of carbonyl (C=O) groups excluding carboxylic acids is 2. The van der Waals surface area contributed by atoms with Gasteiger partial charge in [0.1, 0.15) is 11.8 Å². The number of hydrogen-bond acceptors (Lipinski definition) is 3. The molecule has 0 aromatic heterocycles. The van der Waals surface area contributed by atoms with Crippen LogP contribution in [-0.4, -0.2) is 37.0 Å². The lowest BCUT2D eigenvalue weighted by atomic mass is 10.3. The standard InChI is InChI=1S/C12H16N2O3/c1-9(11(15)14(2)3)13-12(16)17-10-7-5-4-6-8-10/h4-9H,1-3H3,(H,13,16). The number of nitrogens with one attached hydrogen (secondary N) is 1.